The Morgan fingerprint density at radius 3 is 1.34 bits per heavy atom. The van der Waals surface area contributed by atoms with Gasteiger partial charge in [0.15, 0.2) is 11.6 Å². The van der Waals surface area contributed by atoms with Crippen molar-refractivity contribution in [2.24, 2.45) is 0 Å². The summed E-state index contributed by atoms with van der Waals surface area (Å²) < 4.78 is 14.7. The van der Waals surface area contributed by atoms with Crippen molar-refractivity contribution < 1.29 is 9.47 Å². The van der Waals surface area contributed by atoms with Gasteiger partial charge in [-0.05, 0) is 71.8 Å². The molecule has 0 aliphatic carbocycles. The van der Waals surface area contributed by atoms with E-state index in [2.05, 4.69) is 33.1 Å². The first-order valence-electron chi connectivity index (χ1n) is 12.3. The Labute approximate surface area is 220 Å². The summed E-state index contributed by atoms with van der Waals surface area (Å²) in [5.41, 5.74) is 5.91. The van der Waals surface area contributed by atoms with Gasteiger partial charge in [0.2, 0.25) is 0 Å². The molecule has 4 aromatic heterocycles. The summed E-state index contributed by atoms with van der Waals surface area (Å²) >= 11 is 0. The molecule has 0 spiro atoms. The van der Waals surface area contributed by atoms with Crippen LogP contribution in [0.4, 0.5) is 0 Å². The van der Waals surface area contributed by atoms with Gasteiger partial charge in [-0.3, -0.25) is 8.80 Å². The quantitative estimate of drug-likeness (QED) is 0.238. The first-order valence-corrected chi connectivity index (χ1v) is 12.3. The molecule has 6 heteroatoms. The zero-order valence-electron chi connectivity index (χ0n) is 21.2. The van der Waals surface area contributed by atoms with E-state index in [4.69, 9.17) is 19.4 Å². The van der Waals surface area contributed by atoms with Crippen LogP contribution in [0.3, 0.4) is 0 Å². The van der Waals surface area contributed by atoms with Crippen molar-refractivity contribution in [3.63, 3.8) is 0 Å². The lowest BCUT2D eigenvalue weighted by Crippen LogP contribution is -1.94. The Hall–Kier alpha value is -5.10. The van der Waals surface area contributed by atoms with Gasteiger partial charge in [0.1, 0.15) is 11.5 Å². The normalized spacial score (nSPS) is 11.7. The van der Waals surface area contributed by atoms with Crippen LogP contribution in [-0.2, 0) is 0 Å². The van der Waals surface area contributed by atoms with Crippen molar-refractivity contribution in [2.75, 3.05) is 14.2 Å². The highest BCUT2D eigenvalue weighted by atomic mass is 16.5. The number of nitrogens with zero attached hydrogens (tertiary/aromatic N) is 4. The van der Waals surface area contributed by atoms with E-state index in [0.717, 1.165) is 56.7 Å². The van der Waals surface area contributed by atoms with Crippen molar-refractivity contribution >= 4 is 35.3 Å². The average Bonchev–Trinajstić information content (AvgIpc) is 3.54. The van der Waals surface area contributed by atoms with Crippen molar-refractivity contribution in [3.05, 3.63) is 120 Å². The lowest BCUT2D eigenvalue weighted by Gasteiger charge is -2.00. The zero-order valence-corrected chi connectivity index (χ0v) is 21.2. The molecule has 0 aliphatic heterocycles. The molecule has 38 heavy (non-hydrogen) atoms. The van der Waals surface area contributed by atoms with E-state index >= 15 is 0 Å². The molecule has 4 heterocycles. The third kappa shape index (κ3) is 4.44. The summed E-state index contributed by atoms with van der Waals surface area (Å²) in [6, 6.07) is 28.1. The van der Waals surface area contributed by atoms with E-state index in [1.807, 2.05) is 97.3 Å². The number of hydrogen-bond donors (Lipinski definition) is 0. The molecule has 6 nitrogen and oxygen atoms in total. The topological polar surface area (TPSA) is 53.1 Å². The third-order valence-corrected chi connectivity index (χ3v) is 6.45. The number of imidazole rings is 2. The lowest BCUT2D eigenvalue weighted by atomic mass is 10.2. The van der Waals surface area contributed by atoms with E-state index < -0.39 is 0 Å². The second-order valence-electron chi connectivity index (χ2n) is 8.77. The first kappa shape index (κ1) is 23.3. The van der Waals surface area contributed by atoms with Crippen molar-refractivity contribution in [3.8, 4) is 23.1 Å². The molecule has 0 saturated heterocycles. The number of hydrogen-bond acceptors (Lipinski definition) is 4. The number of pyridine rings is 2. The van der Waals surface area contributed by atoms with Gasteiger partial charge in [-0.25, -0.2) is 9.97 Å². The molecule has 0 unspecified atom stereocenters. The second kappa shape index (κ2) is 10.1. The fraction of sp³-hybridized carbons (Fsp3) is 0.0625. The molecule has 0 atom stereocenters. The van der Waals surface area contributed by atoms with E-state index in [1.165, 1.54) is 0 Å². The van der Waals surface area contributed by atoms with Gasteiger partial charge in [-0.1, -0.05) is 48.6 Å². The minimum atomic E-state index is 0.778. The van der Waals surface area contributed by atoms with Gasteiger partial charge in [0.05, 0.1) is 36.6 Å². The molecule has 6 rings (SSSR count). The number of aromatic nitrogens is 4. The fourth-order valence-electron chi connectivity index (χ4n) is 4.46. The summed E-state index contributed by atoms with van der Waals surface area (Å²) in [6.45, 7) is 0. The molecule has 2 aromatic carbocycles. The standard InChI is InChI=1S/C32H26N4O2/c1-37-25-15-9-23(10-16-25)13-19-27-29-7-3-5-21-35(29)31(33-27)32-34-28(30-8-4-6-22-36(30)32)20-14-24-11-17-26(38-2)18-12-24/h3-22H,1-2H3/b19-13+,20-14+. The van der Waals surface area contributed by atoms with Gasteiger partial charge >= 0.3 is 0 Å². The Balaban J connectivity index is 1.42. The monoisotopic (exact) mass is 498 g/mol. The van der Waals surface area contributed by atoms with Crippen LogP contribution in [0, 0.1) is 0 Å². The molecule has 0 radical (unpaired) electrons. The average molecular weight is 499 g/mol. The SMILES string of the molecule is COc1ccc(/C=C/c2nc(-c3nc(/C=C/c4ccc(OC)cc4)c4ccccn34)n3ccccc23)cc1. The predicted octanol–water partition coefficient (Wildman–Crippen LogP) is 7.01. The molecular weight excluding hydrogens is 472 g/mol. The summed E-state index contributed by atoms with van der Waals surface area (Å²) in [5, 5.41) is 0. The molecule has 186 valence electrons. The smallest absolute Gasteiger partial charge is 0.182 e. The molecule has 0 aliphatic rings. The second-order valence-corrected chi connectivity index (χ2v) is 8.77. The zero-order chi connectivity index (χ0) is 25.9. The highest BCUT2D eigenvalue weighted by Gasteiger charge is 2.17. The highest BCUT2D eigenvalue weighted by Crippen LogP contribution is 2.27. The van der Waals surface area contributed by atoms with E-state index in [1.54, 1.807) is 14.2 Å². The Morgan fingerprint density at radius 1 is 0.526 bits per heavy atom. The van der Waals surface area contributed by atoms with Crippen LogP contribution in [0.2, 0.25) is 0 Å². The number of ether oxygens (including phenoxy) is 2. The number of fused-ring (bicyclic) bond motifs is 2. The van der Waals surface area contributed by atoms with Crippen LogP contribution < -0.4 is 9.47 Å². The maximum Gasteiger partial charge on any atom is 0.182 e. The first-order chi connectivity index (χ1) is 18.7. The van der Waals surface area contributed by atoms with E-state index in [9.17, 15) is 0 Å². The summed E-state index contributed by atoms with van der Waals surface area (Å²) in [7, 11) is 3.34. The van der Waals surface area contributed by atoms with Crippen molar-refractivity contribution in [1.29, 1.82) is 0 Å². The highest BCUT2D eigenvalue weighted by molar-refractivity contribution is 5.81. The molecule has 0 fully saturated rings. The van der Waals surface area contributed by atoms with Crippen LogP contribution >= 0.6 is 0 Å². The molecule has 0 amide bonds. The van der Waals surface area contributed by atoms with Crippen LogP contribution in [-0.4, -0.2) is 33.0 Å². The molecular formula is C32H26N4O2. The van der Waals surface area contributed by atoms with Crippen LogP contribution in [0.1, 0.15) is 22.5 Å². The molecule has 6 aromatic rings. The van der Waals surface area contributed by atoms with E-state index in [0.29, 0.717) is 0 Å². The maximum absolute atomic E-state index is 5.27. The Bertz CT molecular complexity index is 1640. The summed E-state index contributed by atoms with van der Waals surface area (Å²) in [6.07, 6.45) is 12.3. The third-order valence-electron chi connectivity index (χ3n) is 6.45. The largest absolute Gasteiger partial charge is 0.497 e. The minimum absolute atomic E-state index is 0.778. The molecule has 0 saturated carbocycles. The predicted molar refractivity (Wildman–Crippen MR) is 153 cm³/mol. The van der Waals surface area contributed by atoms with Crippen molar-refractivity contribution in [1.82, 2.24) is 18.8 Å². The van der Waals surface area contributed by atoms with Crippen LogP contribution in [0.5, 0.6) is 11.5 Å². The maximum atomic E-state index is 5.27. The van der Waals surface area contributed by atoms with Gasteiger partial charge in [-0.2, -0.15) is 0 Å². The van der Waals surface area contributed by atoms with Gasteiger partial charge < -0.3 is 9.47 Å². The summed E-state index contributed by atoms with van der Waals surface area (Å²) in [4.78, 5) is 10.1. The van der Waals surface area contributed by atoms with Crippen LogP contribution in [0.15, 0.2) is 97.3 Å². The Morgan fingerprint density at radius 2 is 0.947 bits per heavy atom. The van der Waals surface area contributed by atoms with Gasteiger partial charge in [-0.15, -0.1) is 0 Å². The lowest BCUT2D eigenvalue weighted by molar-refractivity contribution is 0.414. The molecule has 0 bridgehead atoms. The molecule has 0 N–H and O–H groups in total. The van der Waals surface area contributed by atoms with Crippen molar-refractivity contribution in [2.45, 2.75) is 0 Å². The van der Waals surface area contributed by atoms with E-state index in [-0.39, 0.29) is 0 Å². The van der Waals surface area contributed by atoms with Gasteiger partial charge in [0.25, 0.3) is 0 Å². The number of methoxy groups -OCH3 is 2. The fourth-order valence-corrected chi connectivity index (χ4v) is 4.46. The van der Waals surface area contributed by atoms with Crippen LogP contribution in [0.25, 0.3) is 47.0 Å². The minimum Gasteiger partial charge on any atom is -0.497 e. The number of benzene rings is 2. The Kier molecular flexibility index (Phi) is 6.20. The van der Waals surface area contributed by atoms with Gasteiger partial charge in [0, 0.05) is 12.4 Å². The number of rotatable bonds is 7. The summed E-state index contributed by atoms with van der Waals surface area (Å²) in [5.74, 6) is 3.22.